The van der Waals surface area contributed by atoms with Crippen LogP contribution in [-0.4, -0.2) is 24.6 Å². The molecule has 1 aromatic carbocycles. The van der Waals surface area contributed by atoms with Crippen molar-refractivity contribution in [1.29, 1.82) is 0 Å². The van der Waals surface area contributed by atoms with Gasteiger partial charge in [0, 0.05) is 5.69 Å². The lowest BCUT2D eigenvalue weighted by Crippen LogP contribution is -2.38. The number of rotatable bonds is 3. The highest BCUT2D eigenvalue weighted by molar-refractivity contribution is 5.97. The molecular weight excluding hydrogens is 232 g/mol. The predicted molar refractivity (Wildman–Crippen MR) is 67.4 cm³/mol. The molecule has 0 saturated carbocycles. The molecule has 1 atom stereocenters. The van der Waals surface area contributed by atoms with Crippen LogP contribution in [0.15, 0.2) is 24.3 Å². The number of carbonyl (C=O) groups excluding carboxylic acids is 2. The summed E-state index contributed by atoms with van der Waals surface area (Å²) in [6.45, 7) is 4.30. The minimum absolute atomic E-state index is 0.0781. The van der Waals surface area contributed by atoms with Crippen LogP contribution in [0.2, 0.25) is 0 Å². The molecule has 1 aromatic rings. The van der Waals surface area contributed by atoms with Crippen molar-refractivity contribution in [2.45, 2.75) is 25.8 Å². The van der Waals surface area contributed by atoms with E-state index in [2.05, 4.69) is 29.2 Å². The van der Waals surface area contributed by atoms with Crippen LogP contribution in [0.25, 0.3) is 0 Å². The molecule has 1 fully saturated rings. The zero-order valence-electron chi connectivity index (χ0n) is 10.4. The molecule has 1 aliphatic heterocycles. The van der Waals surface area contributed by atoms with Crippen molar-refractivity contribution in [3.63, 3.8) is 0 Å². The first-order valence-electron chi connectivity index (χ1n) is 5.90. The summed E-state index contributed by atoms with van der Waals surface area (Å²) in [5.41, 5.74) is 1.93. The number of benzene rings is 1. The van der Waals surface area contributed by atoms with Crippen LogP contribution in [0.1, 0.15) is 25.3 Å². The molecule has 2 amide bonds. The third-order valence-electron chi connectivity index (χ3n) is 2.83. The van der Waals surface area contributed by atoms with Crippen molar-refractivity contribution in [3.8, 4) is 0 Å². The molecule has 2 rings (SSSR count). The van der Waals surface area contributed by atoms with Crippen molar-refractivity contribution >= 4 is 17.7 Å². The fraction of sp³-hybridized carbons (Fsp3) is 0.385. The lowest BCUT2D eigenvalue weighted by molar-refractivity contribution is -0.117. The van der Waals surface area contributed by atoms with Gasteiger partial charge in [-0.3, -0.25) is 4.79 Å². The summed E-state index contributed by atoms with van der Waals surface area (Å²) in [6.07, 6.45) is -0.551. The normalized spacial score (nSPS) is 18.4. The molecule has 5 nitrogen and oxygen atoms in total. The average Bonchev–Trinajstić information content (AvgIpc) is 2.76. The lowest BCUT2D eigenvalue weighted by Gasteiger charge is -2.10. The number of cyclic esters (lactones) is 1. The second kappa shape index (κ2) is 5.08. The minimum Gasteiger partial charge on any atom is -0.447 e. The van der Waals surface area contributed by atoms with Crippen LogP contribution >= 0.6 is 0 Å². The standard InChI is InChI=1S/C13H16N2O3/c1-8(2)9-3-5-10(6-4-9)14-12(16)11-7-18-13(17)15-11/h3-6,8,11H,7H2,1-2H3,(H,14,16)(H,15,17). The highest BCUT2D eigenvalue weighted by Crippen LogP contribution is 2.17. The highest BCUT2D eigenvalue weighted by Gasteiger charge is 2.28. The van der Waals surface area contributed by atoms with E-state index < -0.39 is 12.1 Å². The third-order valence-corrected chi connectivity index (χ3v) is 2.83. The molecule has 1 heterocycles. The molecule has 1 saturated heterocycles. The molecular formula is C13H16N2O3. The lowest BCUT2D eigenvalue weighted by atomic mass is 10.0. The Morgan fingerprint density at radius 2 is 2.06 bits per heavy atom. The Labute approximate surface area is 106 Å². The Balaban J connectivity index is 1.97. The van der Waals surface area contributed by atoms with Crippen molar-refractivity contribution in [3.05, 3.63) is 29.8 Å². The zero-order chi connectivity index (χ0) is 13.1. The average molecular weight is 248 g/mol. The molecule has 0 aliphatic carbocycles. The first-order valence-corrected chi connectivity index (χ1v) is 5.90. The maximum absolute atomic E-state index is 11.8. The van der Waals surface area contributed by atoms with Gasteiger partial charge in [-0.2, -0.15) is 0 Å². The molecule has 0 radical (unpaired) electrons. The van der Waals surface area contributed by atoms with E-state index >= 15 is 0 Å². The van der Waals surface area contributed by atoms with Gasteiger partial charge in [-0.1, -0.05) is 26.0 Å². The van der Waals surface area contributed by atoms with E-state index in [1.807, 2.05) is 24.3 Å². The van der Waals surface area contributed by atoms with Crippen LogP contribution in [0, 0.1) is 0 Å². The Morgan fingerprint density at radius 3 is 2.56 bits per heavy atom. The van der Waals surface area contributed by atoms with E-state index in [4.69, 9.17) is 0 Å². The molecule has 18 heavy (non-hydrogen) atoms. The summed E-state index contributed by atoms with van der Waals surface area (Å²) in [6, 6.07) is 7.05. The highest BCUT2D eigenvalue weighted by atomic mass is 16.6. The van der Waals surface area contributed by atoms with Gasteiger partial charge >= 0.3 is 6.09 Å². The Bertz CT molecular complexity index is 454. The number of nitrogens with one attached hydrogen (secondary N) is 2. The van der Waals surface area contributed by atoms with Gasteiger partial charge in [-0.25, -0.2) is 4.79 Å². The fourth-order valence-electron chi connectivity index (χ4n) is 1.71. The summed E-state index contributed by atoms with van der Waals surface area (Å²) in [5.74, 6) is 0.190. The maximum atomic E-state index is 11.8. The molecule has 0 aromatic heterocycles. The van der Waals surface area contributed by atoms with Gasteiger partial charge in [0.15, 0.2) is 0 Å². The fourth-order valence-corrected chi connectivity index (χ4v) is 1.71. The van der Waals surface area contributed by atoms with Crippen LogP contribution in [0.4, 0.5) is 10.5 Å². The van der Waals surface area contributed by atoms with Crippen molar-refractivity contribution < 1.29 is 14.3 Å². The number of hydrogen-bond acceptors (Lipinski definition) is 3. The van der Waals surface area contributed by atoms with Crippen LogP contribution in [-0.2, 0) is 9.53 Å². The van der Waals surface area contributed by atoms with Crippen LogP contribution < -0.4 is 10.6 Å². The first-order chi connectivity index (χ1) is 8.56. The van der Waals surface area contributed by atoms with Crippen molar-refractivity contribution in [1.82, 2.24) is 5.32 Å². The van der Waals surface area contributed by atoms with Crippen molar-refractivity contribution in [2.75, 3.05) is 11.9 Å². The SMILES string of the molecule is CC(C)c1ccc(NC(=O)C2COC(=O)N2)cc1. The van der Waals surface area contributed by atoms with Crippen molar-refractivity contribution in [2.24, 2.45) is 0 Å². The van der Waals surface area contributed by atoms with Crippen LogP contribution in [0.3, 0.4) is 0 Å². The van der Waals surface area contributed by atoms with Gasteiger partial charge < -0.3 is 15.4 Å². The monoisotopic (exact) mass is 248 g/mol. The molecule has 0 spiro atoms. The first kappa shape index (κ1) is 12.4. The number of carbonyl (C=O) groups is 2. The molecule has 5 heteroatoms. The van der Waals surface area contributed by atoms with E-state index in [0.717, 1.165) is 0 Å². The Hall–Kier alpha value is -2.04. The van der Waals surface area contributed by atoms with Gasteiger partial charge in [-0.05, 0) is 23.6 Å². The van der Waals surface area contributed by atoms with E-state index in [0.29, 0.717) is 11.6 Å². The minimum atomic E-state index is -0.609. The maximum Gasteiger partial charge on any atom is 0.407 e. The zero-order valence-corrected chi connectivity index (χ0v) is 10.4. The molecule has 1 aliphatic rings. The summed E-state index contributed by atoms with van der Waals surface area (Å²) in [4.78, 5) is 22.6. The van der Waals surface area contributed by atoms with Crippen LogP contribution in [0.5, 0.6) is 0 Å². The molecule has 96 valence electrons. The smallest absolute Gasteiger partial charge is 0.407 e. The van der Waals surface area contributed by atoms with E-state index in [9.17, 15) is 9.59 Å². The van der Waals surface area contributed by atoms with Gasteiger partial charge in [0.2, 0.25) is 0 Å². The molecule has 2 N–H and O–H groups in total. The second-order valence-corrected chi connectivity index (χ2v) is 4.56. The van der Waals surface area contributed by atoms with Gasteiger partial charge in [0.1, 0.15) is 12.6 Å². The topological polar surface area (TPSA) is 67.4 Å². The van der Waals surface area contributed by atoms with E-state index in [1.54, 1.807) is 0 Å². The van der Waals surface area contributed by atoms with Gasteiger partial charge in [0.25, 0.3) is 5.91 Å². The molecule has 0 bridgehead atoms. The number of alkyl carbamates (subject to hydrolysis) is 1. The van der Waals surface area contributed by atoms with Gasteiger partial charge in [-0.15, -0.1) is 0 Å². The quantitative estimate of drug-likeness (QED) is 0.858. The predicted octanol–water partition coefficient (Wildman–Crippen LogP) is 1.86. The summed E-state index contributed by atoms with van der Waals surface area (Å²) in [7, 11) is 0. The summed E-state index contributed by atoms with van der Waals surface area (Å²) in [5, 5.41) is 5.17. The summed E-state index contributed by atoms with van der Waals surface area (Å²) < 4.78 is 4.66. The number of ether oxygens (including phenoxy) is 1. The van der Waals surface area contributed by atoms with E-state index in [1.165, 1.54) is 5.56 Å². The number of hydrogen-bond donors (Lipinski definition) is 2. The summed E-state index contributed by atoms with van der Waals surface area (Å²) >= 11 is 0. The number of anilines is 1. The van der Waals surface area contributed by atoms with E-state index in [-0.39, 0.29) is 12.5 Å². The third kappa shape index (κ3) is 2.80. The number of amides is 2. The largest absolute Gasteiger partial charge is 0.447 e. The Morgan fingerprint density at radius 1 is 1.39 bits per heavy atom. The molecule has 1 unspecified atom stereocenters. The second-order valence-electron chi connectivity index (χ2n) is 4.56. The van der Waals surface area contributed by atoms with Gasteiger partial charge in [0.05, 0.1) is 0 Å². The Kier molecular flexibility index (Phi) is 3.50.